The van der Waals surface area contributed by atoms with Gasteiger partial charge in [0.05, 0.1) is 5.52 Å². The zero-order chi connectivity index (χ0) is 17.1. The van der Waals surface area contributed by atoms with Crippen LogP contribution in [0.25, 0.3) is 10.9 Å². The molecule has 1 amide bonds. The summed E-state index contributed by atoms with van der Waals surface area (Å²) in [4.78, 5) is 18.3. The van der Waals surface area contributed by atoms with Gasteiger partial charge in [0.2, 0.25) is 5.91 Å². The zero-order valence-corrected chi connectivity index (χ0v) is 14.5. The van der Waals surface area contributed by atoms with Crippen LogP contribution in [0.15, 0.2) is 54.6 Å². The number of carbonyl (C=O) groups is 1. The van der Waals surface area contributed by atoms with Gasteiger partial charge in [-0.25, -0.2) is 4.98 Å². The summed E-state index contributed by atoms with van der Waals surface area (Å²) in [6, 6.07) is 18.0. The molecule has 0 atom stereocenters. The van der Waals surface area contributed by atoms with E-state index in [1.54, 1.807) is 11.8 Å². The molecule has 3 aromatic rings. The van der Waals surface area contributed by atoms with Crippen molar-refractivity contribution in [1.29, 1.82) is 0 Å². The lowest BCUT2D eigenvalue weighted by Crippen LogP contribution is -2.27. The number of benzene rings is 2. The molecule has 3 rings (SSSR count). The number of amides is 1. The topological polar surface area (TPSA) is 33.2 Å². The Kier molecular flexibility index (Phi) is 4.81. The lowest BCUT2D eigenvalue weighted by atomic mass is 10.1. The third kappa shape index (κ3) is 3.74. The third-order valence-corrected chi connectivity index (χ3v) is 4.35. The van der Waals surface area contributed by atoms with Gasteiger partial charge in [-0.2, -0.15) is 0 Å². The zero-order valence-electron chi connectivity index (χ0n) is 13.8. The van der Waals surface area contributed by atoms with Crippen LogP contribution in [0.2, 0.25) is 5.15 Å². The molecule has 0 unspecified atom stereocenters. The van der Waals surface area contributed by atoms with Crippen molar-refractivity contribution in [2.45, 2.75) is 26.9 Å². The second-order valence-corrected chi connectivity index (χ2v) is 6.35. The Bertz CT molecular complexity index is 877. The van der Waals surface area contributed by atoms with Gasteiger partial charge in [0, 0.05) is 31.0 Å². The van der Waals surface area contributed by atoms with Gasteiger partial charge in [-0.05, 0) is 30.7 Å². The van der Waals surface area contributed by atoms with E-state index in [0.717, 1.165) is 22.0 Å². The van der Waals surface area contributed by atoms with Crippen LogP contribution >= 0.6 is 11.6 Å². The normalized spacial score (nSPS) is 10.8. The van der Waals surface area contributed by atoms with Gasteiger partial charge >= 0.3 is 0 Å². The van der Waals surface area contributed by atoms with Gasteiger partial charge in [0.15, 0.2) is 0 Å². The van der Waals surface area contributed by atoms with Gasteiger partial charge in [0.25, 0.3) is 0 Å². The summed E-state index contributed by atoms with van der Waals surface area (Å²) in [5.41, 5.74) is 3.99. The summed E-state index contributed by atoms with van der Waals surface area (Å²) >= 11 is 6.35. The molecule has 0 saturated carbocycles. The van der Waals surface area contributed by atoms with Gasteiger partial charge in [0.1, 0.15) is 5.15 Å². The summed E-state index contributed by atoms with van der Waals surface area (Å²) in [7, 11) is 0. The predicted molar refractivity (Wildman–Crippen MR) is 97.9 cm³/mol. The minimum Gasteiger partial charge on any atom is -0.334 e. The van der Waals surface area contributed by atoms with Crippen LogP contribution < -0.4 is 0 Å². The Morgan fingerprint density at radius 3 is 2.54 bits per heavy atom. The first-order valence-electron chi connectivity index (χ1n) is 7.88. The quantitative estimate of drug-likeness (QED) is 0.643. The van der Waals surface area contributed by atoms with Crippen molar-refractivity contribution in [3.05, 3.63) is 76.4 Å². The number of halogens is 1. The molecule has 0 saturated heterocycles. The molecular formula is C20H19ClN2O. The molecule has 3 nitrogen and oxygen atoms in total. The van der Waals surface area contributed by atoms with E-state index in [1.807, 2.05) is 55.5 Å². The van der Waals surface area contributed by atoms with Crippen LogP contribution in [0.4, 0.5) is 0 Å². The van der Waals surface area contributed by atoms with Crippen LogP contribution in [0.3, 0.4) is 0 Å². The fourth-order valence-corrected chi connectivity index (χ4v) is 2.92. The van der Waals surface area contributed by atoms with Gasteiger partial charge in [-0.3, -0.25) is 4.79 Å². The summed E-state index contributed by atoms with van der Waals surface area (Å²) in [6.45, 7) is 4.62. The Balaban J connectivity index is 1.90. The molecule has 0 spiro atoms. The highest BCUT2D eigenvalue weighted by Gasteiger charge is 2.14. The van der Waals surface area contributed by atoms with Crippen molar-refractivity contribution in [1.82, 2.24) is 9.88 Å². The smallest absolute Gasteiger partial charge is 0.220 e. The lowest BCUT2D eigenvalue weighted by molar-refractivity contribution is -0.130. The first kappa shape index (κ1) is 16.5. The third-order valence-electron chi connectivity index (χ3n) is 4.02. The summed E-state index contributed by atoms with van der Waals surface area (Å²) in [5, 5.41) is 1.49. The average Bonchev–Trinajstić information content (AvgIpc) is 2.56. The maximum Gasteiger partial charge on any atom is 0.220 e. The standard InChI is InChI=1S/C20H19ClN2O/c1-14-8-9-19-17(10-14)11-18(20(21)22-19)13-23(15(2)24)12-16-6-4-3-5-7-16/h3-11H,12-13H2,1-2H3. The number of hydrogen-bond donors (Lipinski definition) is 0. The van der Waals surface area contributed by atoms with Crippen molar-refractivity contribution < 1.29 is 4.79 Å². The van der Waals surface area contributed by atoms with Gasteiger partial charge in [-0.1, -0.05) is 53.6 Å². The van der Waals surface area contributed by atoms with Gasteiger partial charge < -0.3 is 4.90 Å². The van der Waals surface area contributed by atoms with E-state index in [2.05, 4.69) is 11.1 Å². The maximum absolute atomic E-state index is 12.0. The number of hydrogen-bond acceptors (Lipinski definition) is 2. The number of rotatable bonds is 4. The lowest BCUT2D eigenvalue weighted by Gasteiger charge is -2.22. The molecule has 0 radical (unpaired) electrons. The van der Waals surface area contributed by atoms with Crippen molar-refractivity contribution in [2.75, 3.05) is 0 Å². The second kappa shape index (κ2) is 7.02. The molecule has 0 bridgehead atoms. The number of aryl methyl sites for hydroxylation is 1. The second-order valence-electron chi connectivity index (χ2n) is 6.00. The van der Waals surface area contributed by atoms with Crippen molar-refractivity contribution >= 4 is 28.4 Å². The number of pyridine rings is 1. The molecule has 0 aliphatic heterocycles. The van der Waals surface area contributed by atoms with Crippen molar-refractivity contribution in [3.8, 4) is 0 Å². The van der Waals surface area contributed by atoms with E-state index < -0.39 is 0 Å². The summed E-state index contributed by atoms with van der Waals surface area (Å²) in [6.07, 6.45) is 0. The van der Waals surface area contributed by atoms with Gasteiger partial charge in [-0.15, -0.1) is 0 Å². The molecule has 0 fully saturated rings. The summed E-state index contributed by atoms with van der Waals surface area (Å²) < 4.78 is 0. The minimum atomic E-state index is 0.0132. The molecule has 122 valence electrons. The van der Waals surface area contributed by atoms with Crippen LogP contribution in [0.1, 0.15) is 23.6 Å². The average molecular weight is 339 g/mol. The van der Waals surface area contributed by atoms with E-state index in [-0.39, 0.29) is 5.91 Å². The highest BCUT2D eigenvalue weighted by molar-refractivity contribution is 6.30. The SMILES string of the molecule is CC(=O)N(Cc1ccccc1)Cc1cc2cc(C)ccc2nc1Cl. The monoisotopic (exact) mass is 338 g/mol. The van der Waals surface area contributed by atoms with E-state index in [0.29, 0.717) is 18.2 Å². The van der Waals surface area contributed by atoms with Crippen molar-refractivity contribution in [2.24, 2.45) is 0 Å². The van der Waals surface area contributed by atoms with E-state index in [1.165, 1.54) is 5.56 Å². The number of carbonyl (C=O) groups excluding carboxylic acids is 1. The molecule has 0 N–H and O–H groups in total. The number of aromatic nitrogens is 1. The minimum absolute atomic E-state index is 0.0132. The highest BCUT2D eigenvalue weighted by atomic mass is 35.5. The van der Waals surface area contributed by atoms with Crippen LogP contribution in [-0.4, -0.2) is 15.8 Å². The Morgan fingerprint density at radius 1 is 1.08 bits per heavy atom. The molecule has 24 heavy (non-hydrogen) atoms. The van der Waals surface area contributed by atoms with Crippen molar-refractivity contribution in [3.63, 3.8) is 0 Å². The van der Waals surface area contributed by atoms with E-state index in [9.17, 15) is 4.79 Å². The fourth-order valence-electron chi connectivity index (χ4n) is 2.72. The fraction of sp³-hybridized carbons (Fsp3) is 0.200. The molecule has 1 aromatic heterocycles. The molecule has 4 heteroatoms. The Morgan fingerprint density at radius 2 is 1.83 bits per heavy atom. The predicted octanol–water partition coefficient (Wildman–Crippen LogP) is 4.75. The highest BCUT2D eigenvalue weighted by Crippen LogP contribution is 2.23. The molecular weight excluding hydrogens is 320 g/mol. The summed E-state index contributed by atoms with van der Waals surface area (Å²) in [5.74, 6) is 0.0132. The van der Waals surface area contributed by atoms with E-state index >= 15 is 0 Å². The van der Waals surface area contributed by atoms with Crippen LogP contribution in [0, 0.1) is 6.92 Å². The number of fused-ring (bicyclic) bond motifs is 1. The largest absolute Gasteiger partial charge is 0.334 e. The molecule has 0 aliphatic carbocycles. The van der Waals surface area contributed by atoms with E-state index in [4.69, 9.17) is 11.6 Å². The molecule has 1 heterocycles. The number of nitrogens with zero attached hydrogens (tertiary/aromatic N) is 2. The maximum atomic E-state index is 12.0. The first-order chi connectivity index (χ1) is 11.5. The van der Waals surface area contributed by atoms with Crippen LogP contribution in [-0.2, 0) is 17.9 Å². The molecule has 2 aromatic carbocycles. The Hall–Kier alpha value is -2.39. The molecule has 0 aliphatic rings. The Labute approximate surface area is 146 Å². The first-order valence-corrected chi connectivity index (χ1v) is 8.26. The van der Waals surface area contributed by atoms with Crippen LogP contribution in [0.5, 0.6) is 0 Å².